The van der Waals surface area contributed by atoms with Crippen molar-refractivity contribution in [3.8, 4) is 5.75 Å². The van der Waals surface area contributed by atoms with Crippen molar-refractivity contribution in [3.05, 3.63) is 54.1 Å². The van der Waals surface area contributed by atoms with Gasteiger partial charge in [-0.25, -0.2) is 8.78 Å². The molecule has 2 aromatic carbocycles. The molecular weight excluding hydrogens is 412 g/mol. The van der Waals surface area contributed by atoms with Crippen molar-refractivity contribution in [1.82, 2.24) is 10.6 Å². The highest BCUT2D eigenvalue weighted by atomic mass is 19.1. The summed E-state index contributed by atoms with van der Waals surface area (Å²) in [5.74, 6) is 1.08. The number of hydrogen-bond acceptors (Lipinski definition) is 4. The molecule has 172 valence electrons. The maximum absolute atomic E-state index is 14.1. The number of nitrogens with one attached hydrogen (secondary N) is 2. The quantitative estimate of drug-likeness (QED) is 0.530. The van der Waals surface area contributed by atoms with E-state index in [9.17, 15) is 8.78 Å². The Kier molecular flexibility index (Phi) is 6.97. The van der Waals surface area contributed by atoms with Gasteiger partial charge in [0, 0.05) is 45.8 Å². The number of aliphatic imine (C=N–C) groups is 1. The van der Waals surface area contributed by atoms with E-state index >= 15 is 0 Å². The SMILES string of the molecule is CN=C(NCC1CCN(c2ccccc2OC)C1)NC1CCN(c2c(F)cccc2F)C1. The van der Waals surface area contributed by atoms with Crippen molar-refractivity contribution in [1.29, 1.82) is 0 Å². The largest absolute Gasteiger partial charge is 0.495 e. The number of para-hydroxylation sites is 3. The van der Waals surface area contributed by atoms with E-state index in [0.717, 1.165) is 49.9 Å². The predicted octanol–water partition coefficient (Wildman–Crippen LogP) is 3.24. The van der Waals surface area contributed by atoms with Crippen LogP contribution in [0.1, 0.15) is 12.8 Å². The second-order valence-electron chi connectivity index (χ2n) is 8.37. The average molecular weight is 444 g/mol. The zero-order valence-electron chi connectivity index (χ0n) is 18.7. The molecule has 0 saturated carbocycles. The number of nitrogens with zero attached hydrogens (tertiary/aromatic N) is 3. The average Bonchev–Trinajstić information content (AvgIpc) is 3.46. The molecule has 2 N–H and O–H groups in total. The lowest BCUT2D eigenvalue weighted by atomic mass is 10.1. The van der Waals surface area contributed by atoms with Crippen LogP contribution in [-0.2, 0) is 0 Å². The summed E-state index contributed by atoms with van der Waals surface area (Å²) >= 11 is 0. The number of guanidine groups is 1. The molecule has 0 amide bonds. The van der Waals surface area contributed by atoms with Crippen molar-refractivity contribution in [3.63, 3.8) is 0 Å². The van der Waals surface area contributed by atoms with Gasteiger partial charge in [-0.15, -0.1) is 0 Å². The van der Waals surface area contributed by atoms with Crippen LogP contribution >= 0.6 is 0 Å². The van der Waals surface area contributed by atoms with Gasteiger partial charge in [-0.2, -0.15) is 0 Å². The van der Waals surface area contributed by atoms with Gasteiger partial charge in [0.05, 0.1) is 12.8 Å². The van der Waals surface area contributed by atoms with Crippen LogP contribution in [0, 0.1) is 17.6 Å². The summed E-state index contributed by atoms with van der Waals surface area (Å²) in [5, 5.41) is 6.84. The molecule has 2 saturated heterocycles. The van der Waals surface area contributed by atoms with Crippen LogP contribution in [0.3, 0.4) is 0 Å². The molecule has 6 nitrogen and oxygen atoms in total. The molecule has 4 rings (SSSR count). The number of anilines is 2. The Bertz CT molecular complexity index is 933. The molecule has 0 aromatic heterocycles. The van der Waals surface area contributed by atoms with Crippen molar-refractivity contribution in [2.24, 2.45) is 10.9 Å². The topological polar surface area (TPSA) is 52.1 Å². The van der Waals surface area contributed by atoms with Gasteiger partial charge in [0.25, 0.3) is 0 Å². The summed E-state index contributed by atoms with van der Waals surface area (Å²) in [6, 6.07) is 12.2. The first kappa shape index (κ1) is 22.2. The molecule has 2 aromatic rings. The Morgan fingerprint density at radius 2 is 1.78 bits per heavy atom. The smallest absolute Gasteiger partial charge is 0.191 e. The third-order valence-electron chi connectivity index (χ3n) is 6.28. The fourth-order valence-electron chi connectivity index (χ4n) is 4.61. The highest BCUT2D eigenvalue weighted by Crippen LogP contribution is 2.32. The lowest BCUT2D eigenvalue weighted by molar-refractivity contribution is 0.414. The third-order valence-corrected chi connectivity index (χ3v) is 6.28. The van der Waals surface area contributed by atoms with E-state index in [-0.39, 0.29) is 11.7 Å². The highest BCUT2D eigenvalue weighted by molar-refractivity contribution is 5.80. The van der Waals surface area contributed by atoms with E-state index in [2.05, 4.69) is 26.6 Å². The van der Waals surface area contributed by atoms with Crippen LogP contribution in [0.4, 0.5) is 20.2 Å². The van der Waals surface area contributed by atoms with Crippen LogP contribution in [0.2, 0.25) is 0 Å². The van der Waals surface area contributed by atoms with Gasteiger partial charge in [0.15, 0.2) is 5.96 Å². The van der Waals surface area contributed by atoms with Crippen LogP contribution in [0.25, 0.3) is 0 Å². The molecule has 2 heterocycles. The van der Waals surface area contributed by atoms with Crippen molar-refractivity contribution < 1.29 is 13.5 Å². The van der Waals surface area contributed by atoms with Gasteiger partial charge < -0.3 is 25.2 Å². The monoisotopic (exact) mass is 443 g/mol. The summed E-state index contributed by atoms with van der Waals surface area (Å²) in [5.41, 5.74) is 1.19. The first-order valence-corrected chi connectivity index (χ1v) is 11.1. The van der Waals surface area contributed by atoms with Crippen LogP contribution in [-0.4, -0.2) is 58.9 Å². The van der Waals surface area contributed by atoms with E-state index in [1.165, 1.54) is 18.2 Å². The van der Waals surface area contributed by atoms with Gasteiger partial charge in [0.2, 0.25) is 0 Å². The fraction of sp³-hybridized carbons (Fsp3) is 0.458. The number of ether oxygens (including phenoxy) is 1. The maximum atomic E-state index is 14.1. The minimum atomic E-state index is -0.519. The van der Waals surface area contributed by atoms with E-state index in [0.29, 0.717) is 19.0 Å². The Morgan fingerprint density at radius 3 is 2.53 bits per heavy atom. The van der Waals surface area contributed by atoms with Crippen molar-refractivity contribution in [2.45, 2.75) is 18.9 Å². The molecule has 0 radical (unpaired) electrons. The van der Waals surface area contributed by atoms with Crippen molar-refractivity contribution in [2.75, 3.05) is 56.7 Å². The highest BCUT2D eigenvalue weighted by Gasteiger charge is 2.28. The van der Waals surface area contributed by atoms with Gasteiger partial charge >= 0.3 is 0 Å². The summed E-state index contributed by atoms with van der Waals surface area (Å²) in [7, 11) is 3.45. The standard InChI is InChI=1S/C24H31F2N5O/c1-27-24(29-18-11-13-31(16-18)23-19(25)6-5-7-20(23)26)28-14-17-10-12-30(15-17)21-8-3-4-9-22(21)32-2/h3-9,17-18H,10-16H2,1-2H3,(H2,27,28,29). The summed E-state index contributed by atoms with van der Waals surface area (Å²) in [6.45, 7) is 3.88. The minimum Gasteiger partial charge on any atom is -0.495 e. The molecule has 8 heteroatoms. The van der Waals surface area contributed by atoms with Gasteiger partial charge in [-0.3, -0.25) is 4.99 Å². The molecule has 2 aliphatic rings. The Labute approximate surface area is 188 Å². The molecule has 2 aliphatic heterocycles. The maximum Gasteiger partial charge on any atom is 0.191 e. The lowest BCUT2D eigenvalue weighted by Gasteiger charge is -2.23. The molecule has 2 atom stereocenters. The van der Waals surface area contributed by atoms with E-state index in [4.69, 9.17) is 4.74 Å². The Hall–Kier alpha value is -3.03. The second kappa shape index (κ2) is 10.1. The molecule has 2 fully saturated rings. The first-order valence-electron chi connectivity index (χ1n) is 11.1. The Morgan fingerprint density at radius 1 is 1.03 bits per heavy atom. The number of hydrogen-bond donors (Lipinski definition) is 2. The molecule has 2 unspecified atom stereocenters. The van der Waals surface area contributed by atoms with E-state index in [1.807, 2.05) is 18.2 Å². The molecule has 0 aliphatic carbocycles. The number of rotatable bonds is 6. The first-order chi connectivity index (χ1) is 15.6. The lowest BCUT2D eigenvalue weighted by Crippen LogP contribution is -2.46. The number of methoxy groups -OCH3 is 1. The number of halogens is 2. The van der Waals surface area contributed by atoms with Gasteiger partial charge in [-0.05, 0) is 43.0 Å². The van der Waals surface area contributed by atoms with Crippen LogP contribution in [0.5, 0.6) is 5.75 Å². The van der Waals surface area contributed by atoms with Gasteiger partial charge in [-0.1, -0.05) is 18.2 Å². The normalized spacial score (nSPS) is 21.2. The Balaban J connectivity index is 1.27. The molecule has 0 bridgehead atoms. The molecule has 0 spiro atoms. The van der Waals surface area contributed by atoms with E-state index in [1.54, 1.807) is 19.1 Å². The van der Waals surface area contributed by atoms with Gasteiger partial charge in [0.1, 0.15) is 23.1 Å². The fourth-order valence-corrected chi connectivity index (χ4v) is 4.61. The second-order valence-corrected chi connectivity index (χ2v) is 8.37. The minimum absolute atomic E-state index is 0.0575. The molecule has 32 heavy (non-hydrogen) atoms. The predicted molar refractivity (Wildman–Crippen MR) is 125 cm³/mol. The zero-order valence-corrected chi connectivity index (χ0v) is 18.7. The van der Waals surface area contributed by atoms with Crippen LogP contribution in [0.15, 0.2) is 47.5 Å². The number of benzene rings is 2. The third kappa shape index (κ3) is 4.89. The van der Waals surface area contributed by atoms with E-state index < -0.39 is 11.6 Å². The van der Waals surface area contributed by atoms with Crippen LogP contribution < -0.4 is 25.2 Å². The summed E-state index contributed by atoms with van der Waals surface area (Å²) in [6.07, 6.45) is 1.88. The van der Waals surface area contributed by atoms with Crippen molar-refractivity contribution >= 4 is 17.3 Å². The summed E-state index contributed by atoms with van der Waals surface area (Å²) in [4.78, 5) is 8.47. The molecular formula is C24H31F2N5O. The zero-order chi connectivity index (χ0) is 22.5. The summed E-state index contributed by atoms with van der Waals surface area (Å²) < 4.78 is 33.7.